The molecule has 0 radical (unpaired) electrons. The average Bonchev–Trinajstić information content (AvgIpc) is 2.76. The number of hydrogen-bond donors (Lipinski definition) is 0. The molecule has 32 heavy (non-hydrogen) atoms. The maximum absolute atomic E-state index is 12.8. The highest BCUT2D eigenvalue weighted by Crippen LogP contribution is 2.41. The van der Waals surface area contributed by atoms with E-state index in [9.17, 15) is 9.59 Å². The summed E-state index contributed by atoms with van der Waals surface area (Å²) in [5.74, 6) is -1.13. The number of esters is 1. The fourth-order valence-corrected chi connectivity index (χ4v) is 5.19. The van der Waals surface area contributed by atoms with Crippen LogP contribution in [0, 0.1) is 5.92 Å². The molecule has 0 saturated heterocycles. The lowest BCUT2D eigenvalue weighted by Gasteiger charge is -2.31. The van der Waals surface area contributed by atoms with Crippen LogP contribution in [0.5, 0.6) is 0 Å². The van der Waals surface area contributed by atoms with Crippen molar-refractivity contribution in [3.63, 3.8) is 0 Å². The van der Waals surface area contributed by atoms with E-state index in [2.05, 4.69) is 0 Å². The number of aldehydes is 1. The van der Waals surface area contributed by atoms with Crippen LogP contribution in [0.25, 0.3) is 6.08 Å². The van der Waals surface area contributed by atoms with Crippen LogP contribution >= 0.6 is 46.4 Å². The van der Waals surface area contributed by atoms with Gasteiger partial charge in [0, 0.05) is 22.4 Å². The van der Waals surface area contributed by atoms with Gasteiger partial charge in [0.2, 0.25) is 0 Å². The second-order valence-corrected chi connectivity index (χ2v) is 8.99. The molecule has 2 unspecified atom stereocenters. The van der Waals surface area contributed by atoms with Gasteiger partial charge in [0.1, 0.15) is 0 Å². The Morgan fingerprint density at radius 2 is 1.59 bits per heavy atom. The normalized spacial score (nSPS) is 17.0. The molecule has 162 valence electrons. The van der Waals surface area contributed by atoms with Crippen LogP contribution in [-0.4, -0.2) is 18.9 Å². The van der Waals surface area contributed by atoms with Crippen molar-refractivity contribution in [2.24, 2.45) is 5.92 Å². The largest absolute Gasteiger partial charge is 0.461 e. The Morgan fingerprint density at radius 1 is 0.906 bits per heavy atom. The third kappa shape index (κ3) is 4.44. The SMILES string of the molecule is O=Cc1c(Cl)cccc1C1c2ccccc2C=CC1COC(=O)c1c(Cl)cc(Cl)cc1Cl. The molecule has 7 heteroatoms. The molecule has 0 bridgehead atoms. The van der Waals surface area contributed by atoms with Gasteiger partial charge in [0.15, 0.2) is 6.29 Å². The average molecular weight is 506 g/mol. The first-order valence-electron chi connectivity index (χ1n) is 9.73. The highest BCUT2D eigenvalue weighted by Gasteiger charge is 2.31. The van der Waals surface area contributed by atoms with Crippen LogP contribution in [-0.2, 0) is 4.74 Å². The van der Waals surface area contributed by atoms with Crippen LogP contribution in [0.1, 0.15) is 43.3 Å². The van der Waals surface area contributed by atoms with Crippen molar-refractivity contribution in [2.75, 3.05) is 6.61 Å². The summed E-state index contributed by atoms with van der Waals surface area (Å²) >= 11 is 24.6. The summed E-state index contributed by atoms with van der Waals surface area (Å²) in [6, 6.07) is 16.1. The Balaban J connectivity index is 1.68. The third-order valence-electron chi connectivity index (χ3n) is 5.44. The number of rotatable bonds is 5. The Hall–Kier alpha value is -2.30. The zero-order valence-corrected chi connectivity index (χ0v) is 19.6. The first-order valence-corrected chi connectivity index (χ1v) is 11.2. The van der Waals surface area contributed by atoms with Gasteiger partial charge in [-0.15, -0.1) is 0 Å². The minimum atomic E-state index is -0.649. The lowest BCUT2D eigenvalue weighted by Crippen LogP contribution is -2.24. The van der Waals surface area contributed by atoms with E-state index in [0.29, 0.717) is 15.6 Å². The van der Waals surface area contributed by atoms with Gasteiger partial charge >= 0.3 is 5.97 Å². The third-order valence-corrected chi connectivity index (χ3v) is 6.58. The summed E-state index contributed by atoms with van der Waals surface area (Å²) in [4.78, 5) is 24.6. The highest BCUT2D eigenvalue weighted by atomic mass is 35.5. The van der Waals surface area contributed by atoms with E-state index in [-0.39, 0.29) is 34.1 Å². The van der Waals surface area contributed by atoms with Crippen LogP contribution in [0.15, 0.2) is 60.7 Å². The Morgan fingerprint density at radius 3 is 2.31 bits per heavy atom. The van der Waals surface area contributed by atoms with Crippen LogP contribution in [0.4, 0.5) is 0 Å². The van der Waals surface area contributed by atoms with Crippen molar-refractivity contribution in [1.82, 2.24) is 0 Å². The van der Waals surface area contributed by atoms with E-state index in [1.807, 2.05) is 48.6 Å². The quantitative estimate of drug-likeness (QED) is 0.263. The van der Waals surface area contributed by atoms with Gasteiger partial charge in [-0.1, -0.05) is 95.0 Å². The molecular weight excluding hydrogens is 490 g/mol. The fraction of sp³-hybridized carbons (Fsp3) is 0.120. The van der Waals surface area contributed by atoms with Crippen molar-refractivity contribution >= 4 is 64.7 Å². The van der Waals surface area contributed by atoms with E-state index in [1.165, 1.54) is 12.1 Å². The van der Waals surface area contributed by atoms with E-state index in [0.717, 1.165) is 23.0 Å². The van der Waals surface area contributed by atoms with Crippen molar-refractivity contribution < 1.29 is 14.3 Å². The molecule has 1 aliphatic rings. The molecule has 0 aromatic heterocycles. The van der Waals surface area contributed by atoms with Gasteiger partial charge in [0.05, 0.1) is 27.2 Å². The molecule has 0 amide bonds. The molecular formula is C25H16Cl4O3. The van der Waals surface area contributed by atoms with Crippen molar-refractivity contribution in [3.8, 4) is 0 Å². The second kappa shape index (κ2) is 9.68. The molecule has 4 rings (SSSR count). The summed E-state index contributed by atoms with van der Waals surface area (Å²) in [6.07, 6.45) is 4.72. The first kappa shape index (κ1) is 22.9. The fourth-order valence-electron chi connectivity index (χ4n) is 4.00. The zero-order chi connectivity index (χ0) is 22.8. The maximum Gasteiger partial charge on any atom is 0.341 e. The summed E-state index contributed by atoms with van der Waals surface area (Å²) in [6.45, 7) is 0.0500. The smallest absolute Gasteiger partial charge is 0.341 e. The molecule has 1 aliphatic carbocycles. The standard InChI is InChI=1S/C25H16Cl4O3/c26-16-10-21(28)24(22(29)11-16)25(31)32-13-15-9-8-14-4-1-2-5-17(14)23(15)18-6-3-7-20(27)19(18)12-30/h1-12,15,23H,13H2. The summed E-state index contributed by atoms with van der Waals surface area (Å²) in [5.41, 5.74) is 3.30. The van der Waals surface area contributed by atoms with Crippen molar-refractivity contribution in [3.05, 3.63) is 109 Å². The van der Waals surface area contributed by atoms with Crippen molar-refractivity contribution in [2.45, 2.75) is 5.92 Å². The van der Waals surface area contributed by atoms with Crippen LogP contribution < -0.4 is 0 Å². The number of carbonyl (C=O) groups excluding carboxylic acids is 2. The summed E-state index contributed by atoms with van der Waals surface area (Å²) < 4.78 is 5.62. The van der Waals surface area contributed by atoms with Gasteiger partial charge in [-0.2, -0.15) is 0 Å². The molecule has 3 nitrogen and oxygen atoms in total. The number of ether oxygens (including phenoxy) is 1. The molecule has 0 fully saturated rings. The molecule has 2 atom stereocenters. The van der Waals surface area contributed by atoms with Gasteiger partial charge in [-0.25, -0.2) is 4.79 Å². The molecule has 0 spiro atoms. The number of benzene rings is 3. The Labute approximate surface area is 205 Å². The van der Waals surface area contributed by atoms with E-state index in [4.69, 9.17) is 51.1 Å². The van der Waals surface area contributed by atoms with Gasteiger partial charge in [0.25, 0.3) is 0 Å². The predicted molar refractivity (Wildman–Crippen MR) is 129 cm³/mol. The van der Waals surface area contributed by atoms with Crippen molar-refractivity contribution in [1.29, 1.82) is 0 Å². The summed E-state index contributed by atoms with van der Waals surface area (Å²) in [7, 11) is 0. The topological polar surface area (TPSA) is 43.4 Å². The predicted octanol–water partition coefficient (Wildman–Crippen LogP) is 7.74. The highest BCUT2D eigenvalue weighted by molar-refractivity contribution is 6.41. The number of halogens is 4. The minimum Gasteiger partial charge on any atom is -0.461 e. The zero-order valence-electron chi connectivity index (χ0n) is 16.5. The monoisotopic (exact) mass is 504 g/mol. The van der Waals surface area contributed by atoms with Gasteiger partial charge in [-0.3, -0.25) is 4.79 Å². The molecule has 0 saturated carbocycles. The van der Waals surface area contributed by atoms with Gasteiger partial charge in [-0.05, 0) is 34.9 Å². The summed E-state index contributed by atoms with van der Waals surface area (Å²) in [5, 5.41) is 0.934. The number of fused-ring (bicyclic) bond motifs is 1. The molecule has 0 aliphatic heterocycles. The molecule has 0 N–H and O–H groups in total. The van der Waals surface area contributed by atoms with Crippen LogP contribution in [0.3, 0.4) is 0 Å². The second-order valence-electron chi connectivity index (χ2n) is 7.33. The number of hydrogen-bond acceptors (Lipinski definition) is 3. The van der Waals surface area contributed by atoms with Crippen LogP contribution in [0.2, 0.25) is 20.1 Å². The Kier molecular flexibility index (Phi) is 6.92. The maximum atomic E-state index is 12.8. The first-order chi connectivity index (χ1) is 15.4. The van der Waals surface area contributed by atoms with Gasteiger partial charge < -0.3 is 4.74 Å². The minimum absolute atomic E-state index is 0.0500. The molecule has 0 heterocycles. The molecule has 3 aromatic rings. The molecule has 3 aromatic carbocycles. The number of carbonyl (C=O) groups is 2. The lowest BCUT2D eigenvalue weighted by molar-refractivity contribution is 0.0456. The van der Waals surface area contributed by atoms with E-state index < -0.39 is 5.97 Å². The lowest BCUT2D eigenvalue weighted by atomic mass is 9.74. The van der Waals surface area contributed by atoms with E-state index >= 15 is 0 Å². The van der Waals surface area contributed by atoms with E-state index in [1.54, 1.807) is 6.07 Å². The Bertz CT molecular complexity index is 1210.